The Morgan fingerprint density at radius 3 is 2.47 bits per heavy atom. The summed E-state index contributed by atoms with van der Waals surface area (Å²) < 4.78 is 5.50. The number of cyclic esters (lactones) is 1. The van der Waals surface area contributed by atoms with E-state index in [-0.39, 0.29) is 0 Å². The number of carbonyl (C=O) groups excluding carboxylic acids is 1. The molecule has 0 amide bonds. The molecule has 3 aromatic rings. The van der Waals surface area contributed by atoms with Crippen molar-refractivity contribution in [2.24, 2.45) is 15.7 Å². The van der Waals surface area contributed by atoms with E-state index in [1.54, 1.807) is 6.20 Å². The third-order valence-electron chi connectivity index (χ3n) is 5.58. The highest BCUT2D eigenvalue weighted by atomic mass is 16.6. The van der Waals surface area contributed by atoms with E-state index in [2.05, 4.69) is 14.9 Å². The van der Waals surface area contributed by atoms with Crippen LogP contribution in [0.5, 0.6) is 0 Å². The van der Waals surface area contributed by atoms with Crippen molar-refractivity contribution >= 4 is 34.3 Å². The number of piperazine rings is 1. The summed E-state index contributed by atoms with van der Waals surface area (Å²) in [5, 5.41) is 2.08. The van der Waals surface area contributed by atoms with Gasteiger partial charge in [-0.1, -0.05) is 54.6 Å². The number of nitrogens with two attached hydrogens (primary N) is 1. The maximum atomic E-state index is 12.5. The van der Waals surface area contributed by atoms with Crippen molar-refractivity contribution in [3.63, 3.8) is 0 Å². The van der Waals surface area contributed by atoms with Crippen molar-refractivity contribution in [3.05, 3.63) is 90.3 Å². The minimum atomic E-state index is -0.430. The number of para-hydroxylation sites is 1. The molecule has 0 bridgehead atoms. The first-order chi connectivity index (χ1) is 15.7. The molecule has 2 heterocycles. The number of hydrogen-bond acceptors (Lipinski definition) is 5. The van der Waals surface area contributed by atoms with Crippen molar-refractivity contribution in [2.45, 2.75) is 0 Å². The molecule has 2 N–H and O–H groups in total. The van der Waals surface area contributed by atoms with E-state index < -0.39 is 5.97 Å². The molecular formula is C25H23N5O2. The minimum absolute atomic E-state index is 0.312. The van der Waals surface area contributed by atoms with Crippen molar-refractivity contribution in [1.29, 1.82) is 0 Å². The van der Waals surface area contributed by atoms with Gasteiger partial charge in [-0.15, -0.1) is 0 Å². The molecule has 0 saturated carbocycles. The number of aliphatic imine (C=N–C) groups is 2. The monoisotopic (exact) mass is 425 g/mol. The lowest BCUT2D eigenvalue weighted by Crippen LogP contribution is -2.49. The van der Waals surface area contributed by atoms with Crippen LogP contribution >= 0.6 is 0 Å². The maximum Gasteiger partial charge on any atom is 0.365 e. The molecule has 3 aromatic carbocycles. The first kappa shape index (κ1) is 19.8. The molecule has 32 heavy (non-hydrogen) atoms. The smallest absolute Gasteiger partial charge is 0.365 e. The van der Waals surface area contributed by atoms with Gasteiger partial charge in [-0.2, -0.15) is 0 Å². The topological polar surface area (TPSA) is 83.5 Å². The normalized spacial score (nSPS) is 18.2. The molecule has 7 heteroatoms. The third-order valence-corrected chi connectivity index (χ3v) is 5.58. The van der Waals surface area contributed by atoms with E-state index in [0.717, 1.165) is 22.0 Å². The number of benzene rings is 3. The number of nitrogens with zero attached hydrogens (tertiary/aromatic N) is 4. The van der Waals surface area contributed by atoms with Crippen LogP contribution in [0.4, 0.5) is 5.69 Å². The van der Waals surface area contributed by atoms with E-state index in [4.69, 9.17) is 10.5 Å². The minimum Gasteiger partial charge on any atom is -0.402 e. The second kappa shape index (κ2) is 8.55. The van der Waals surface area contributed by atoms with Crippen LogP contribution in [0, 0.1) is 0 Å². The van der Waals surface area contributed by atoms with Crippen molar-refractivity contribution in [1.82, 2.24) is 9.80 Å². The van der Waals surface area contributed by atoms with Crippen LogP contribution in [0.15, 0.2) is 94.7 Å². The molecule has 5 rings (SSSR count). The van der Waals surface area contributed by atoms with E-state index >= 15 is 0 Å². The van der Waals surface area contributed by atoms with Crippen LogP contribution in [0.25, 0.3) is 10.8 Å². The molecule has 0 atom stereocenters. The summed E-state index contributed by atoms with van der Waals surface area (Å²) in [5.41, 5.74) is 8.14. The number of esters is 1. The Bertz CT molecular complexity index is 1240. The van der Waals surface area contributed by atoms with Gasteiger partial charge in [-0.25, -0.2) is 14.8 Å². The lowest BCUT2D eigenvalue weighted by molar-refractivity contribution is -0.130. The zero-order chi connectivity index (χ0) is 21.9. The quantitative estimate of drug-likeness (QED) is 0.301. The Morgan fingerprint density at radius 2 is 1.66 bits per heavy atom. The summed E-state index contributed by atoms with van der Waals surface area (Å²) in [6, 6.07) is 23.5. The number of guanidine groups is 1. The van der Waals surface area contributed by atoms with Gasteiger partial charge >= 0.3 is 5.97 Å². The SMILES string of the molecule is NC(=Nc1ccccc1)N1CCN(/C=C2\N=C(c3cccc4ccccc34)OC2=O)CC1. The number of hydrogen-bond donors (Lipinski definition) is 1. The van der Waals surface area contributed by atoms with Gasteiger partial charge in [0.2, 0.25) is 5.90 Å². The molecular weight excluding hydrogens is 402 g/mol. The Balaban J connectivity index is 1.29. The standard InChI is InChI=1S/C25H23N5O2/c26-25(27-19-9-2-1-3-10-19)30-15-13-29(14-16-30)17-22-24(31)32-23(28-22)21-12-6-8-18-7-4-5-11-20(18)21/h1-12,17H,13-16H2,(H2,26,27)/b22-17-. The fourth-order valence-electron chi connectivity index (χ4n) is 3.89. The average molecular weight is 425 g/mol. The molecule has 0 radical (unpaired) electrons. The Kier molecular flexibility index (Phi) is 5.29. The highest BCUT2D eigenvalue weighted by Crippen LogP contribution is 2.24. The predicted octanol–water partition coefficient (Wildman–Crippen LogP) is 3.25. The summed E-state index contributed by atoms with van der Waals surface area (Å²) >= 11 is 0. The molecule has 1 saturated heterocycles. The van der Waals surface area contributed by atoms with E-state index in [0.29, 0.717) is 43.7 Å². The zero-order valence-corrected chi connectivity index (χ0v) is 17.5. The van der Waals surface area contributed by atoms with E-state index in [1.165, 1.54) is 0 Å². The predicted molar refractivity (Wildman–Crippen MR) is 126 cm³/mol. The van der Waals surface area contributed by atoms with Gasteiger partial charge in [-0.05, 0) is 29.0 Å². The van der Waals surface area contributed by atoms with Gasteiger partial charge in [0.25, 0.3) is 0 Å². The van der Waals surface area contributed by atoms with Gasteiger partial charge in [0.05, 0.1) is 5.69 Å². The van der Waals surface area contributed by atoms with Gasteiger partial charge in [-0.3, -0.25) is 0 Å². The van der Waals surface area contributed by atoms with Crippen molar-refractivity contribution < 1.29 is 9.53 Å². The lowest BCUT2D eigenvalue weighted by Gasteiger charge is -2.34. The van der Waals surface area contributed by atoms with Gasteiger partial charge < -0.3 is 20.3 Å². The molecule has 2 aliphatic rings. The maximum absolute atomic E-state index is 12.5. The molecule has 0 spiro atoms. The van der Waals surface area contributed by atoms with Crippen LogP contribution in [0.1, 0.15) is 5.56 Å². The largest absolute Gasteiger partial charge is 0.402 e. The van der Waals surface area contributed by atoms with Crippen LogP contribution in [0.2, 0.25) is 0 Å². The third kappa shape index (κ3) is 4.05. The zero-order valence-electron chi connectivity index (χ0n) is 17.5. The van der Waals surface area contributed by atoms with Gasteiger partial charge in [0.15, 0.2) is 11.7 Å². The molecule has 2 aliphatic heterocycles. The molecule has 1 fully saturated rings. The lowest BCUT2D eigenvalue weighted by atomic mass is 10.0. The Labute approximate surface area is 186 Å². The fourth-order valence-corrected chi connectivity index (χ4v) is 3.89. The first-order valence-corrected chi connectivity index (χ1v) is 10.6. The van der Waals surface area contributed by atoms with Crippen LogP contribution in [0.3, 0.4) is 0 Å². The van der Waals surface area contributed by atoms with Crippen LogP contribution in [-0.2, 0) is 9.53 Å². The van der Waals surface area contributed by atoms with Crippen molar-refractivity contribution in [3.8, 4) is 0 Å². The average Bonchev–Trinajstić information content (AvgIpc) is 3.19. The van der Waals surface area contributed by atoms with Gasteiger partial charge in [0.1, 0.15) is 0 Å². The molecule has 0 aliphatic carbocycles. The summed E-state index contributed by atoms with van der Waals surface area (Å²) in [6.07, 6.45) is 1.78. The summed E-state index contributed by atoms with van der Waals surface area (Å²) in [4.78, 5) is 25.5. The fraction of sp³-hybridized carbons (Fsp3) is 0.160. The van der Waals surface area contributed by atoms with Crippen LogP contribution < -0.4 is 5.73 Å². The van der Waals surface area contributed by atoms with Crippen LogP contribution in [-0.4, -0.2) is 53.8 Å². The summed E-state index contributed by atoms with van der Waals surface area (Å²) in [5.74, 6) is 0.413. The molecule has 7 nitrogen and oxygen atoms in total. The second-order valence-electron chi connectivity index (χ2n) is 7.68. The number of fused-ring (bicyclic) bond motifs is 1. The Morgan fingerprint density at radius 1 is 0.938 bits per heavy atom. The Hall–Kier alpha value is -4.13. The molecule has 160 valence electrons. The number of rotatable bonds is 3. The van der Waals surface area contributed by atoms with Gasteiger partial charge in [0, 0.05) is 37.9 Å². The first-order valence-electron chi connectivity index (χ1n) is 10.6. The molecule has 0 aromatic heterocycles. The highest BCUT2D eigenvalue weighted by molar-refractivity contribution is 6.16. The summed E-state index contributed by atoms with van der Waals surface area (Å²) in [7, 11) is 0. The second-order valence-corrected chi connectivity index (χ2v) is 7.68. The highest BCUT2D eigenvalue weighted by Gasteiger charge is 2.27. The van der Waals surface area contributed by atoms with E-state index in [1.807, 2.05) is 77.7 Å². The summed E-state index contributed by atoms with van der Waals surface area (Å²) in [6.45, 7) is 2.84. The van der Waals surface area contributed by atoms with E-state index in [9.17, 15) is 4.79 Å². The van der Waals surface area contributed by atoms with Crippen molar-refractivity contribution in [2.75, 3.05) is 26.2 Å². The number of ether oxygens (including phenoxy) is 1. The molecule has 0 unspecified atom stereocenters. The number of carbonyl (C=O) groups is 1.